The zero-order chi connectivity index (χ0) is 16.5. The Kier molecular flexibility index (Phi) is 3.97. The topological polar surface area (TPSA) is 12.9 Å². The lowest BCUT2D eigenvalue weighted by molar-refractivity contribution is 1.40. The Morgan fingerprint density at radius 1 is 0.667 bits per heavy atom. The number of pyridine rings is 1. The number of aromatic nitrogens is 1. The zero-order valence-corrected chi connectivity index (χ0v) is 14.2. The van der Waals surface area contributed by atoms with Crippen LogP contribution in [0.2, 0.25) is 10.0 Å². The molecule has 4 rings (SSSR count). The van der Waals surface area contributed by atoms with Crippen LogP contribution >= 0.6 is 23.2 Å². The maximum absolute atomic E-state index is 6.38. The second-order valence-electron chi connectivity index (χ2n) is 5.56. The molecular weight excluding hydrogens is 337 g/mol. The van der Waals surface area contributed by atoms with E-state index in [1.807, 2.05) is 42.5 Å². The molecule has 0 bridgehead atoms. The second kappa shape index (κ2) is 6.27. The lowest BCUT2D eigenvalue weighted by Crippen LogP contribution is -1.90. The molecule has 0 unspecified atom stereocenters. The number of hydrogen-bond acceptors (Lipinski definition) is 1. The van der Waals surface area contributed by atoms with Gasteiger partial charge in [0.05, 0.1) is 16.2 Å². The Morgan fingerprint density at radius 2 is 1.42 bits per heavy atom. The van der Waals surface area contributed by atoms with Gasteiger partial charge in [0.2, 0.25) is 0 Å². The summed E-state index contributed by atoms with van der Waals surface area (Å²) in [6.45, 7) is 0. The number of hydrogen-bond donors (Lipinski definition) is 0. The van der Waals surface area contributed by atoms with E-state index in [0.29, 0.717) is 10.0 Å². The van der Waals surface area contributed by atoms with Gasteiger partial charge in [0.25, 0.3) is 0 Å². The largest absolute Gasteiger partial charge is 0.248 e. The van der Waals surface area contributed by atoms with Gasteiger partial charge in [0.1, 0.15) is 0 Å². The molecule has 116 valence electrons. The Morgan fingerprint density at radius 3 is 2.25 bits per heavy atom. The second-order valence-corrected chi connectivity index (χ2v) is 6.41. The van der Waals surface area contributed by atoms with E-state index in [2.05, 4.69) is 24.3 Å². The van der Waals surface area contributed by atoms with Crippen LogP contribution in [0.3, 0.4) is 0 Å². The zero-order valence-electron chi connectivity index (χ0n) is 12.7. The Labute approximate surface area is 150 Å². The molecule has 0 spiro atoms. The van der Waals surface area contributed by atoms with Crippen molar-refractivity contribution in [3.63, 3.8) is 0 Å². The summed E-state index contributed by atoms with van der Waals surface area (Å²) in [5.74, 6) is 0. The van der Waals surface area contributed by atoms with E-state index < -0.39 is 0 Å². The molecule has 3 heteroatoms. The number of rotatable bonds is 2. The van der Waals surface area contributed by atoms with E-state index in [-0.39, 0.29) is 0 Å². The van der Waals surface area contributed by atoms with Gasteiger partial charge in [-0.1, -0.05) is 71.7 Å². The predicted molar refractivity (Wildman–Crippen MR) is 103 cm³/mol. The third kappa shape index (κ3) is 2.77. The fourth-order valence-corrected chi connectivity index (χ4v) is 3.25. The highest BCUT2D eigenvalue weighted by atomic mass is 35.5. The highest BCUT2D eigenvalue weighted by Crippen LogP contribution is 2.35. The molecule has 0 aliphatic heterocycles. The van der Waals surface area contributed by atoms with Crippen LogP contribution in [-0.2, 0) is 0 Å². The Bertz CT molecular complexity index is 1030. The molecule has 0 fully saturated rings. The fourth-order valence-electron chi connectivity index (χ4n) is 2.86. The van der Waals surface area contributed by atoms with Crippen molar-refractivity contribution in [2.24, 2.45) is 0 Å². The average Bonchev–Trinajstić information content (AvgIpc) is 2.63. The van der Waals surface area contributed by atoms with Crippen molar-refractivity contribution >= 4 is 34.1 Å². The number of halogens is 2. The van der Waals surface area contributed by atoms with Crippen LogP contribution in [0.5, 0.6) is 0 Å². The predicted octanol–water partition coefficient (Wildman–Crippen LogP) is 6.88. The van der Waals surface area contributed by atoms with E-state index in [0.717, 1.165) is 33.3 Å². The van der Waals surface area contributed by atoms with E-state index in [9.17, 15) is 0 Å². The number of benzene rings is 3. The summed E-state index contributed by atoms with van der Waals surface area (Å²) >= 11 is 12.5. The van der Waals surface area contributed by atoms with Gasteiger partial charge in [-0.3, -0.25) is 0 Å². The van der Waals surface area contributed by atoms with Crippen molar-refractivity contribution in [3.05, 3.63) is 88.9 Å². The van der Waals surface area contributed by atoms with E-state index in [4.69, 9.17) is 28.2 Å². The first-order valence-electron chi connectivity index (χ1n) is 7.63. The normalized spacial score (nSPS) is 10.9. The summed E-state index contributed by atoms with van der Waals surface area (Å²) in [7, 11) is 0. The summed E-state index contributed by atoms with van der Waals surface area (Å²) in [6, 6.07) is 26.0. The van der Waals surface area contributed by atoms with Crippen LogP contribution in [0.15, 0.2) is 78.9 Å². The third-order valence-electron chi connectivity index (χ3n) is 4.01. The molecule has 0 amide bonds. The van der Waals surface area contributed by atoms with Crippen molar-refractivity contribution in [1.82, 2.24) is 4.98 Å². The van der Waals surface area contributed by atoms with Crippen molar-refractivity contribution in [1.29, 1.82) is 0 Å². The molecule has 1 aromatic heterocycles. The molecule has 0 saturated heterocycles. The van der Waals surface area contributed by atoms with Crippen molar-refractivity contribution in [2.75, 3.05) is 0 Å². The Hall–Kier alpha value is -2.35. The van der Waals surface area contributed by atoms with Gasteiger partial charge >= 0.3 is 0 Å². The summed E-state index contributed by atoms with van der Waals surface area (Å²) in [4.78, 5) is 4.79. The molecular formula is C21H13Cl2N. The van der Waals surface area contributed by atoms with Crippen LogP contribution in [0.4, 0.5) is 0 Å². The summed E-state index contributed by atoms with van der Waals surface area (Å²) in [5.41, 5.74) is 4.87. The van der Waals surface area contributed by atoms with Gasteiger partial charge < -0.3 is 0 Å². The van der Waals surface area contributed by atoms with Crippen LogP contribution in [0.1, 0.15) is 0 Å². The number of nitrogens with zero attached hydrogens (tertiary/aromatic N) is 1. The summed E-state index contributed by atoms with van der Waals surface area (Å²) in [6.07, 6.45) is 0. The molecule has 0 aliphatic carbocycles. The van der Waals surface area contributed by atoms with Crippen molar-refractivity contribution < 1.29 is 0 Å². The monoisotopic (exact) mass is 349 g/mol. The molecule has 1 heterocycles. The number of para-hydroxylation sites is 1. The molecule has 4 aromatic rings. The van der Waals surface area contributed by atoms with Crippen molar-refractivity contribution in [2.45, 2.75) is 0 Å². The molecule has 0 aliphatic rings. The molecule has 1 nitrogen and oxygen atoms in total. The maximum Gasteiger partial charge on any atom is 0.0731 e. The first-order chi connectivity index (χ1) is 11.7. The molecule has 0 saturated carbocycles. The van der Waals surface area contributed by atoms with Gasteiger partial charge in [0.15, 0.2) is 0 Å². The minimum atomic E-state index is 0.640. The molecule has 0 radical (unpaired) electrons. The van der Waals surface area contributed by atoms with Gasteiger partial charge in [-0.05, 0) is 41.5 Å². The first kappa shape index (κ1) is 15.2. The van der Waals surface area contributed by atoms with Crippen LogP contribution in [0.25, 0.3) is 33.3 Å². The molecule has 0 N–H and O–H groups in total. The standard InChI is InChI=1S/C21H13Cl2N/c22-15-10-11-19(23)18(12-15)21-13-17(14-6-2-1-3-7-14)16-8-4-5-9-20(16)24-21/h1-13H. The third-order valence-corrected chi connectivity index (χ3v) is 4.57. The van der Waals surface area contributed by atoms with Gasteiger partial charge in [-0.15, -0.1) is 0 Å². The fraction of sp³-hybridized carbons (Fsp3) is 0. The van der Waals surface area contributed by atoms with E-state index in [1.54, 1.807) is 12.1 Å². The number of fused-ring (bicyclic) bond motifs is 1. The lowest BCUT2D eigenvalue weighted by atomic mass is 9.98. The van der Waals surface area contributed by atoms with Crippen LogP contribution in [0, 0.1) is 0 Å². The van der Waals surface area contributed by atoms with Crippen LogP contribution in [-0.4, -0.2) is 4.98 Å². The highest BCUT2D eigenvalue weighted by Gasteiger charge is 2.11. The molecule has 3 aromatic carbocycles. The SMILES string of the molecule is Clc1ccc(Cl)c(-c2cc(-c3ccccc3)c3ccccc3n2)c1. The van der Waals surface area contributed by atoms with Gasteiger partial charge in [-0.25, -0.2) is 4.98 Å². The minimum absolute atomic E-state index is 0.640. The Balaban J connectivity index is 2.03. The summed E-state index contributed by atoms with van der Waals surface area (Å²) < 4.78 is 0. The minimum Gasteiger partial charge on any atom is -0.248 e. The average molecular weight is 350 g/mol. The van der Waals surface area contributed by atoms with Gasteiger partial charge in [-0.2, -0.15) is 0 Å². The van der Waals surface area contributed by atoms with E-state index >= 15 is 0 Å². The van der Waals surface area contributed by atoms with Gasteiger partial charge in [0, 0.05) is 16.0 Å². The van der Waals surface area contributed by atoms with Crippen molar-refractivity contribution in [3.8, 4) is 22.4 Å². The highest BCUT2D eigenvalue weighted by molar-refractivity contribution is 6.35. The van der Waals surface area contributed by atoms with E-state index in [1.165, 1.54) is 0 Å². The first-order valence-corrected chi connectivity index (χ1v) is 8.38. The smallest absolute Gasteiger partial charge is 0.0731 e. The maximum atomic E-state index is 6.38. The molecule has 0 atom stereocenters. The van der Waals surface area contributed by atoms with Crippen LogP contribution < -0.4 is 0 Å². The molecule has 24 heavy (non-hydrogen) atoms. The summed E-state index contributed by atoms with van der Waals surface area (Å²) in [5, 5.41) is 2.40. The quantitative estimate of drug-likeness (QED) is 0.384. The lowest BCUT2D eigenvalue weighted by Gasteiger charge is -2.11.